The van der Waals surface area contributed by atoms with Crippen LogP contribution >= 0.6 is 0 Å². The summed E-state index contributed by atoms with van der Waals surface area (Å²) in [5.41, 5.74) is 1.18. The van der Waals surface area contributed by atoms with E-state index in [0.717, 1.165) is 37.6 Å². The Balaban J connectivity index is 2.16. The highest BCUT2D eigenvalue weighted by Crippen LogP contribution is 2.23. The van der Waals surface area contributed by atoms with E-state index in [-0.39, 0.29) is 0 Å². The Morgan fingerprint density at radius 2 is 2.20 bits per heavy atom. The number of aromatic nitrogens is 1. The molecule has 0 spiro atoms. The Morgan fingerprint density at radius 1 is 1.47 bits per heavy atom. The van der Waals surface area contributed by atoms with Gasteiger partial charge in [0.15, 0.2) is 5.89 Å². The highest BCUT2D eigenvalue weighted by atomic mass is 16.4. The molecule has 1 aliphatic heterocycles. The molecule has 1 saturated heterocycles. The normalized spacial score (nSPS) is 17.1. The van der Waals surface area contributed by atoms with Crippen LogP contribution in [0.3, 0.4) is 0 Å². The van der Waals surface area contributed by atoms with Crippen molar-refractivity contribution in [1.82, 2.24) is 10.3 Å². The standard InChI is InChI=1S/C12H20N2O/c1-4-11-10(5-8(2)3)14-12(15-11)9-6-13-7-9/h8-9,13H,4-7H2,1-3H3. The first-order chi connectivity index (χ1) is 7.20. The minimum absolute atomic E-state index is 0.510. The summed E-state index contributed by atoms with van der Waals surface area (Å²) in [7, 11) is 0. The lowest BCUT2D eigenvalue weighted by atomic mass is 10.0. The van der Waals surface area contributed by atoms with E-state index in [1.807, 2.05) is 0 Å². The molecule has 0 aromatic carbocycles. The highest BCUT2D eigenvalue weighted by molar-refractivity contribution is 5.14. The van der Waals surface area contributed by atoms with E-state index in [1.54, 1.807) is 0 Å². The van der Waals surface area contributed by atoms with Crippen LogP contribution in [0.25, 0.3) is 0 Å². The molecule has 0 atom stereocenters. The summed E-state index contributed by atoms with van der Waals surface area (Å²) in [5, 5.41) is 3.25. The molecule has 3 heteroatoms. The van der Waals surface area contributed by atoms with Gasteiger partial charge in [0, 0.05) is 19.5 Å². The molecule has 1 N–H and O–H groups in total. The smallest absolute Gasteiger partial charge is 0.200 e. The van der Waals surface area contributed by atoms with Crippen LogP contribution < -0.4 is 5.32 Å². The molecule has 1 aromatic heterocycles. The first-order valence-electron chi connectivity index (χ1n) is 5.89. The van der Waals surface area contributed by atoms with Gasteiger partial charge in [0.25, 0.3) is 0 Å². The highest BCUT2D eigenvalue weighted by Gasteiger charge is 2.25. The fourth-order valence-electron chi connectivity index (χ4n) is 1.86. The molecule has 0 bridgehead atoms. The number of nitrogens with one attached hydrogen (secondary N) is 1. The first-order valence-corrected chi connectivity index (χ1v) is 5.89. The first kappa shape index (κ1) is 10.7. The number of aryl methyl sites for hydroxylation is 1. The second-order valence-corrected chi connectivity index (χ2v) is 4.73. The molecule has 0 amide bonds. The van der Waals surface area contributed by atoms with Crippen molar-refractivity contribution < 1.29 is 4.42 Å². The summed E-state index contributed by atoms with van der Waals surface area (Å²) >= 11 is 0. The number of hydrogen-bond acceptors (Lipinski definition) is 3. The fraction of sp³-hybridized carbons (Fsp3) is 0.750. The van der Waals surface area contributed by atoms with E-state index in [1.165, 1.54) is 5.69 Å². The third-order valence-electron chi connectivity index (χ3n) is 2.85. The summed E-state index contributed by atoms with van der Waals surface area (Å²) in [6.45, 7) is 8.61. The van der Waals surface area contributed by atoms with Gasteiger partial charge < -0.3 is 9.73 Å². The van der Waals surface area contributed by atoms with Crippen LogP contribution in [0.1, 0.15) is 44.0 Å². The minimum Gasteiger partial charge on any atom is -0.445 e. The molecule has 0 saturated carbocycles. The molecule has 1 aliphatic rings. The Morgan fingerprint density at radius 3 is 2.67 bits per heavy atom. The molecule has 0 unspecified atom stereocenters. The Bertz CT molecular complexity index is 326. The second kappa shape index (κ2) is 4.35. The summed E-state index contributed by atoms with van der Waals surface area (Å²) in [6, 6.07) is 0. The van der Waals surface area contributed by atoms with Crippen molar-refractivity contribution in [3.05, 3.63) is 17.3 Å². The lowest BCUT2D eigenvalue weighted by Crippen LogP contribution is -2.40. The van der Waals surface area contributed by atoms with Crippen LogP contribution in [-0.4, -0.2) is 18.1 Å². The quantitative estimate of drug-likeness (QED) is 0.823. The Labute approximate surface area is 91.3 Å². The van der Waals surface area contributed by atoms with Crippen LogP contribution in [0.2, 0.25) is 0 Å². The number of nitrogens with zero attached hydrogens (tertiary/aromatic N) is 1. The summed E-state index contributed by atoms with van der Waals surface area (Å²) < 4.78 is 5.82. The number of hydrogen-bond donors (Lipinski definition) is 1. The SMILES string of the molecule is CCc1oc(C2CNC2)nc1CC(C)C. The van der Waals surface area contributed by atoms with Gasteiger partial charge in [-0.3, -0.25) is 0 Å². The van der Waals surface area contributed by atoms with Crippen molar-refractivity contribution in [2.45, 2.75) is 39.5 Å². The van der Waals surface area contributed by atoms with Crippen LogP contribution in [0.15, 0.2) is 4.42 Å². The van der Waals surface area contributed by atoms with Gasteiger partial charge in [-0.2, -0.15) is 0 Å². The maximum atomic E-state index is 5.82. The van der Waals surface area contributed by atoms with Crippen molar-refractivity contribution in [3.8, 4) is 0 Å². The van der Waals surface area contributed by atoms with Gasteiger partial charge in [0.2, 0.25) is 0 Å². The molecular weight excluding hydrogens is 188 g/mol. The fourth-order valence-corrected chi connectivity index (χ4v) is 1.86. The molecule has 15 heavy (non-hydrogen) atoms. The predicted molar refractivity (Wildman–Crippen MR) is 60.0 cm³/mol. The van der Waals surface area contributed by atoms with Crippen molar-refractivity contribution in [2.75, 3.05) is 13.1 Å². The van der Waals surface area contributed by atoms with Gasteiger partial charge in [-0.15, -0.1) is 0 Å². The Hall–Kier alpha value is -0.830. The molecule has 0 aliphatic carbocycles. The molecule has 1 aromatic rings. The monoisotopic (exact) mass is 208 g/mol. The van der Waals surface area contributed by atoms with E-state index >= 15 is 0 Å². The maximum absolute atomic E-state index is 5.82. The number of oxazole rings is 1. The minimum atomic E-state index is 0.510. The zero-order valence-electron chi connectivity index (χ0n) is 9.84. The molecule has 2 rings (SSSR count). The summed E-state index contributed by atoms with van der Waals surface area (Å²) in [4.78, 5) is 4.64. The van der Waals surface area contributed by atoms with Crippen molar-refractivity contribution in [2.24, 2.45) is 5.92 Å². The largest absolute Gasteiger partial charge is 0.445 e. The lowest BCUT2D eigenvalue weighted by Gasteiger charge is -2.23. The van der Waals surface area contributed by atoms with Crippen LogP contribution in [0.5, 0.6) is 0 Å². The third kappa shape index (κ3) is 2.23. The van der Waals surface area contributed by atoms with Gasteiger partial charge >= 0.3 is 0 Å². The molecular formula is C12H20N2O. The van der Waals surface area contributed by atoms with Gasteiger partial charge in [0.1, 0.15) is 5.76 Å². The summed E-state index contributed by atoms with van der Waals surface area (Å²) in [5.74, 6) is 3.19. The third-order valence-corrected chi connectivity index (χ3v) is 2.85. The lowest BCUT2D eigenvalue weighted by molar-refractivity contribution is 0.346. The predicted octanol–water partition coefficient (Wildman–Crippen LogP) is 2.12. The van der Waals surface area contributed by atoms with Gasteiger partial charge in [0.05, 0.1) is 11.6 Å². The average molecular weight is 208 g/mol. The van der Waals surface area contributed by atoms with E-state index in [2.05, 4.69) is 31.1 Å². The molecule has 84 valence electrons. The molecule has 0 radical (unpaired) electrons. The van der Waals surface area contributed by atoms with Gasteiger partial charge in [-0.1, -0.05) is 20.8 Å². The van der Waals surface area contributed by atoms with Gasteiger partial charge in [-0.05, 0) is 12.3 Å². The second-order valence-electron chi connectivity index (χ2n) is 4.73. The van der Waals surface area contributed by atoms with E-state index in [9.17, 15) is 0 Å². The van der Waals surface area contributed by atoms with Crippen molar-refractivity contribution >= 4 is 0 Å². The zero-order chi connectivity index (χ0) is 10.8. The summed E-state index contributed by atoms with van der Waals surface area (Å²) in [6.07, 6.45) is 1.99. The zero-order valence-corrected chi connectivity index (χ0v) is 9.84. The van der Waals surface area contributed by atoms with Crippen LogP contribution in [0.4, 0.5) is 0 Å². The van der Waals surface area contributed by atoms with Crippen molar-refractivity contribution in [3.63, 3.8) is 0 Å². The molecule has 3 nitrogen and oxygen atoms in total. The molecule has 2 heterocycles. The van der Waals surface area contributed by atoms with E-state index in [4.69, 9.17) is 4.42 Å². The van der Waals surface area contributed by atoms with E-state index in [0.29, 0.717) is 11.8 Å². The van der Waals surface area contributed by atoms with Crippen molar-refractivity contribution in [1.29, 1.82) is 0 Å². The Kier molecular flexibility index (Phi) is 3.10. The number of rotatable bonds is 4. The maximum Gasteiger partial charge on any atom is 0.200 e. The van der Waals surface area contributed by atoms with E-state index < -0.39 is 0 Å². The van der Waals surface area contributed by atoms with Gasteiger partial charge in [-0.25, -0.2) is 4.98 Å². The van der Waals surface area contributed by atoms with Crippen LogP contribution in [0, 0.1) is 5.92 Å². The average Bonchev–Trinajstić information content (AvgIpc) is 2.43. The molecule has 1 fully saturated rings. The topological polar surface area (TPSA) is 38.1 Å². The van der Waals surface area contributed by atoms with Crippen LogP contribution in [-0.2, 0) is 12.8 Å².